The molecule has 1 aliphatic carbocycles. The first-order valence-corrected chi connectivity index (χ1v) is 11.7. The lowest BCUT2D eigenvalue weighted by Gasteiger charge is -2.27. The van der Waals surface area contributed by atoms with Gasteiger partial charge in [-0.1, -0.05) is 50.9 Å². The van der Waals surface area contributed by atoms with Gasteiger partial charge in [-0.2, -0.15) is 0 Å². The fourth-order valence-corrected chi connectivity index (χ4v) is 4.68. The number of carbonyl (C=O) groups is 2. The van der Waals surface area contributed by atoms with Crippen LogP contribution in [0.5, 0.6) is 11.5 Å². The Morgan fingerprint density at radius 2 is 1.94 bits per heavy atom. The van der Waals surface area contributed by atoms with Crippen molar-refractivity contribution in [2.75, 3.05) is 12.1 Å². The van der Waals surface area contributed by atoms with Crippen LogP contribution in [0.1, 0.15) is 52.4 Å². The third kappa shape index (κ3) is 4.98. The molecule has 2 aromatic rings. The number of hydrogen-bond donors (Lipinski definition) is 2. The molecule has 166 valence electrons. The molecule has 8 nitrogen and oxygen atoms in total. The molecule has 1 fully saturated rings. The van der Waals surface area contributed by atoms with Crippen molar-refractivity contribution in [3.05, 3.63) is 18.2 Å². The highest BCUT2D eigenvalue weighted by atomic mass is 32.1. The maximum Gasteiger partial charge on any atom is 0.249 e. The second-order valence-corrected chi connectivity index (χ2v) is 9.15. The van der Waals surface area contributed by atoms with Gasteiger partial charge in [0.05, 0.1) is 0 Å². The van der Waals surface area contributed by atoms with E-state index >= 15 is 0 Å². The molecule has 1 aliphatic heterocycles. The van der Waals surface area contributed by atoms with E-state index in [0.29, 0.717) is 21.6 Å². The zero-order chi connectivity index (χ0) is 21.8. The van der Waals surface area contributed by atoms with E-state index < -0.39 is 6.04 Å². The summed E-state index contributed by atoms with van der Waals surface area (Å²) in [6, 6.07) is 4.96. The first-order chi connectivity index (χ1) is 15.0. The zero-order valence-corrected chi connectivity index (χ0v) is 18.7. The lowest BCUT2D eigenvalue weighted by molar-refractivity contribution is -0.130. The molecule has 2 heterocycles. The predicted octanol–water partition coefficient (Wildman–Crippen LogP) is 3.98. The van der Waals surface area contributed by atoms with Gasteiger partial charge in [-0.3, -0.25) is 14.9 Å². The Morgan fingerprint density at radius 3 is 2.71 bits per heavy atom. The van der Waals surface area contributed by atoms with Gasteiger partial charge >= 0.3 is 0 Å². The monoisotopic (exact) mass is 444 g/mol. The highest BCUT2D eigenvalue weighted by Crippen LogP contribution is 2.37. The number of benzene rings is 1. The number of aromatic nitrogens is 2. The Balaban J connectivity index is 1.43. The van der Waals surface area contributed by atoms with Crippen LogP contribution in [-0.4, -0.2) is 34.8 Å². The fourth-order valence-electron chi connectivity index (χ4n) is 3.94. The number of fused-ring (bicyclic) bond motifs is 1. The molecule has 2 aliphatic rings. The Bertz CT molecular complexity index is 941. The molecular formula is C22H28N4O4S. The lowest BCUT2D eigenvalue weighted by atomic mass is 9.88. The average Bonchev–Trinajstić information content (AvgIpc) is 3.46. The van der Waals surface area contributed by atoms with Crippen LogP contribution in [0.2, 0.25) is 0 Å². The van der Waals surface area contributed by atoms with E-state index in [1.165, 1.54) is 17.8 Å². The standard InChI is InChI=1S/C22H28N4O4S/c1-3-13(2)18(23-19(27)14-7-5-4-6-8-14)20(28)24-22-26-25-21(31-22)15-9-10-16-17(11-15)30-12-29-16/h9-11,13-14,18H,3-8,12H2,1-2H3,(H,23,27)(H,24,26,28). The molecule has 0 spiro atoms. The summed E-state index contributed by atoms with van der Waals surface area (Å²) in [5, 5.41) is 15.2. The van der Waals surface area contributed by atoms with Gasteiger partial charge in [0.25, 0.3) is 0 Å². The van der Waals surface area contributed by atoms with Gasteiger partial charge in [0.2, 0.25) is 23.7 Å². The molecule has 2 atom stereocenters. The SMILES string of the molecule is CCC(C)C(NC(=O)C1CCCCC1)C(=O)Nc1nnc(-c2ccc3c(c2)OCO3)s1. The smallest absolute Gasteiger partial charge is 0.249 e. The van der Waals surface area contributed by atoms with Crippen LogP contribution in [0, 0.1) is 11.8 Å². The molecule has 9 heteroatoms. The molecular weight excluding hydrogens is 416 g/mol. The number of carbonyl (C=O) groups excluding carboxylic acids is 2. The minimum Gasteiger partial charge on any atom is -0.454 e. The van der Waals surface area contributed by atoms with Crippen molar-refractivity contribution in [1.82, 2.24) is 15.5 Å². The molecule has 31 heavy (non-hydrogen) atoms. The second-order valence-electron chi connectivity index (χ2n) is 8.18. The van der Waals surface area contributed by atoms with Gasteiger partial charge in [-0.15, -0.1) is 10.2 Å². The third-order valence-corrected chi connectivity index (χ3v) is 6.93. The summed E-state index contributed by atoms with van der Waals surface area (Å²) < 4.78 is 10.7. The van der Waals surface area contributed by atoms with Crippen LogP contribution in [0.25, 0.3) is 10.6 Å². The van der Waals surface area contributed by atoms with Gasteiger partial charge in [0.15, 0.2) is 11.5 Å². The van der Waals surface area contributed by atoms with E-state index in [-0.39, 0.29) is 30.4 Å². The largest absolute Gasteiger partial charge is 0.454 e. The molecule has 2 N–H and O–H groups in total. The molecule has 0 bridgehead atoms. The number of nitrogens with one attached hydrogen (secondary N) is 2. The number of rotatable bonds is 7. The molecule has 1 saturated carbocycles. The average molecular weight is 445 g/mol. The summed E-state index contributed by atoms with van der Waals surface area (Å²) >= 11 is 1.28. The van der Waals surface area contributed by atoms with Crippen molar-refractivity contribution >= 4 is 28.3 Å². The van der Waals surface area contributed by atoms with Gasteiger partial charge in [0.1, 0.15) is 11.0 Å². The summed E-state index contributed by atoms with van der Waals surface area (Å²) in [4.78, 5) is 25.7. The number of nitrogens with zero attached hydrogens (tertiary/aromatic N) is 2. The Hall–Kier alpha value is -2.68. The maximum absolute atomic E-state index is 13.0. The second kappa shape index (κ2) is 9.64. The number of ether oxygens (including phenoxy) is 2. The zero-order valence-electron chi connectivity index (χ0n) is 17.8. The number of hydrogen-bond acceptors (Lipinski definition) is 7. The fraction of sp³-hybridized carbons (Fsp3) is 0.545. The van der Waals surface area contributed by atoms with Crippen molar-refractivity contribution in [2.24, 2.45) is 11.8 Å². The van der Waals surface area contributed by atoms with E-state index in [9.17, 15) is 9.59 Å². The first-order valence-electron chi connectivity index (χ1n) is 10.9. The van der Waals surface area contributed by atoms with Crippen molar-refractivity contribution in [1.29, 1.82) is 0 Å². The summed E-state index contributed by atoms with van der Waals surface area (Å²) in [6.45, 7) is 4.20. The van der Waals surface area contributed by atoms with E-state index in [2.05, 4.69) is 20.8 Å². The van der Waals surface area contributed by atoms with Crippen LogP contribution in [-0.2, 0) is 9.59 Å². The Kier molecular flexibility index (Phi) is 6.70. The van der Waals surface area contributed by atoms with Crippen LogP contribution >= 0.6 is 11.3 Å². The van der Waals surface area contributed by atoms with Crippen LogP contribution in [0.4, 0.5) is 5.13 Å². The predicted molar refractivity (Wildman–Crippen MR) is 118 cm³/mol. The summed E-state index contributed by atoms with van der Waals surface area (Å²) in [7, 11) is 0. The van der Waals surface area contributed by atoms with E-state index in [1.54, 1.807) is 0 Å². The van der Waals surface area contributed by atoms with Gasteiger partial charge < -0.3 is 14.8 Å². The first kappa shape index (κ1) is 21.5. The van der Waals surface area contributed by atoms with Crippen LogP contribution in [0.3, 0.4) is 0 Å². The van der Waals surface area contributed by atoms with Gasteiger partial charge in [-0.05, 0) is 37.0 Å². The summed E-state index contributed by atoms with van der Waals surface area (Å²) in [5.74, 6) is 1.11. The Morgan fingerprint density at radius 1 is 1.16 bits per heavy atom. The van der Waals surface area contributed by atoms with E-state index in [0.717, 1.165) is 37.7 Å². The van der Waals surface area contributed by atoms with Crippen molar-refractivity contribution in [3.8, 4) is 22.1 Å². The van der Waals surface area contributed by atoms with E-state index in [4.69, 9.17) is 9.47 Å². The molecule has 2 unspecified atom stereocenters. The van der Waals surface area contributed by atoms with Crippen molar-refractivity contribution < 1.29 is 19.1 Å². The minimum atomic E-state index is -0.600. The molecule has 0 saturated heterocycles. The summed E-state index contributed by atoms with van der Waals surface area (Å²) in [6.07, 6.45) is 5.91. The van der Waals surface area contributed by atoms with Gasteiger partial charge in [0, 0.05) is 11.5 Å². The highest BCUT2D eigenvalue weighted by Gasteiger charge is 2.30. The molecule has 1 aromatic carbocycles. The molecule has 0 radical (unpaired) electrons. The lowest BCUT2D eigenvalue weighted by Crippen LogP contribution is -2.49. The topological polar surface area (TPSA) is 102 Å². The van der Waals surface area contributed by atoms with Crippen molar-refractivity contribution in [2.45, 2.75) is 58.4 Å². The summed E-state index contributed by atoms with van der Waals surface area (Å²) in [5.41, 5.74) is 0.839. The molecule has 1 aromatic heterocycles. The quantitative estimate of drug-likeness (QED) is 0.670. The van der Waals surface area contributed by atoms with Crippen LogP contribution in [0.15, 0.2) is 18.2 Å². The third-order valence-electron chi connectivity index (χ3n) is 6.04. The molecule has 4 rings (SSSR count). The maximum atomic E-state index is 13.0. The Labute approximate surface area is 185 Å². The van der Waals surface area contributed by atoms with E-state index in [1.807, 2.05) is 32.0 Å². The highest BCUT2D eigenvalue weighted by molar-refractivity contribution is 7.18. The van der Waals surface area contributed by atoms with Crippen LogP contribution < -0.4 is 20.1 Å². The number of anilines is 1. The normalized spacial score (nSPS) is 17.7. The minimum absolute atomic E-state index is 0.00671. The van der Waals surface area contributed by atoms with Gasteiger partial charge in [-0.25, -0.2) is 0 Å². The van der Waals surface area contributed by atoms with Crippen molar-refractivity contribution in [3.63, 3.8) is 0 Å². The number of amides is 2. The molecule has 2 amide bonds.